The zero-order valence-electron chi connectivity index (χ0n) is 11.0. The van der Waals surface area contributed by atoms with Crippen molar-refractivity contribution in [1.82, 2.24) is 0 Å². The fourth-order valence-corrected chi connectivity index (χ4v) is 3.91. The van der Waals surface area contributed by atoms with Gasteiger partial charge in [-0.1, -0.05) is 22.9 Å². The number of hydrogen-bond donors (Lipinski definition) is 1. The highest BCUT2D eigenvalue weighted by Gasteiger charge is 2.22. The number of carbonyl (C=O) groups is 1. The van der Waals surface area contributed by atoms with Crippen molar-refractivity contribution in [2.75, 3.05) is 12.8 Å². The third-order valence-corrected chi connectivity index (χ3v) is 4.87. The standard InChI is InChI=1S/C14H13BrFNO2S/c1-3-8-11(17)13(14(18)19-2)20-12(8)9-5-4-7(16)6-10(9)15/h4-6H,3,17H2,1-2H3. The Morgan fingerprint density at radius 1 is 1.50 bits per heavy atom. The second-order valence-electron chi connectivity index (χ2n) is 4.12. The smallest absolute Gasteiger partial charge is 0.350 e. The Hall–Kier alpha value is -1.40. The molecule has 0 saturated heterocycles. The van der Waals surface area contributed by atoms with Gasteiger partial charge in [-0.15, -0.1) is 11.3 Å². The first-order chi connectivity index (χ1) is 9.49. The highest BCUT2D eigenvalue weighted by Crippen LogP contribution is 2.42. The highest BCUT2D eigenvalue weighted by molar-refractivity contribution is 9.10. The average Bonchev–Trinajstić information content (AvgIpc) is 2.74. The van der Waals surface area contributed by atoms with Crippen molar-refractivity contribution < 1.29 is 13.9 Å². The molecule has 2 N–H and O–H groups in total. The average molecular weight is 358 g/mol. The molecule has 1 aromatic carbocycles. The molecule has 6 heteroatoms. The van der Waals surface area contributed by atoms with E-state index >= 15 is 0 Å². The maximum atomic E-state index is 13.2. The number of nitrogens with two attached hydrogens (primary N) is 1. The molecule has 0 amide bonds. The molecule has 0 atom stereocenters. The van der Waals surface area contributed by atoms with Crippen LogP contribution < -0.4 is 5.73 Å². The van der Waals surface area contributed by atoms with Gasteiger partial charge >= 0.3 is 5.97 Å². The van der Waals surface area contributed by atoms with Crippen molar-refractivity contribution in [3.63, 3.8) is 0 Å². The van der Waals surface area contributed by atoms with Gasteiger partial charge in [0.2, 0.25) is 0 Å². The predicted molar refractivity (Wildman–Crippen MR) is 82.5 cm³/mol. The van der Waals surface area contributed by atoms with Crippen molar-refractivity contribution in [2.45, 2.75) is 13.3 Å². The zero-order valence-corrected chi connectivity index (χ0v) is 13.4. The lowest BCUT2D eigenvalue weighted by Gasteiger charge is -2.05. The zero-order chi connectivity index (χ0) is 14.9. The Kier molecular flexibility index (Phi) is 4.45. The molecule has 0 radical (unpaired) electrons. The van der Waals surface area contributed by atoms with E-state index in [0.717, 1.165) is 16.0 Å². The summed E-state index contributed by atoms with van der Waals surface area (Å²) in [6, 6.07) is 4.45. The number of nitrogen functional groups attached to an aromatic ring is 1. The molecule has 0 aliphatic heterocycles. The molecule has 0 aliphatic rings. The number of halogens is 2. The second kappa shape index (κ2) is 5.93. The molecular weight excluding hydrogens is 345 g/mol. The molecule has 0 spiro atoms. The fraction of sp³-hybridized carbons (Fsp3) is 0.214. The van der Waals surface area contributed by atoms with Crippen molar-refractivity contribution >= 4 is 38.9 Å². The van der Waals surface area contributed by atoms with Crippen molar-refractivity contribution in [3.8, 4) is 10.4 Å². The number of carbonyl (C=O) groups excluding carboxylic acids is 1. The van der Waals surface area contributed by atoms with Crippen LogP contribution in [0.5, 0.6) is 0 Å². The normalized spacial score (nSPS) is 10.6. The van der Waals surface area contributed by atoms with E-state index in [0.29, 0.717) is 21.5 Å². The molecule has 106 valence electrons. The van der Waals surface area contributed by atoms with Crippen LogP contribution in [0, 0.1) is 5.82 Å². The summed E-state index contributed by atoms with van der Waals surface area (Å²) < 4.78 is 18.6. The van der Waals surface area contributed by atoms with Crippen LogP contribution in [-0.4, -0.2) is 13.1 Å². The largest absolute Gasteiger partial charge is 0.465 e. The Morgan fingerprint density at radius 3 is 2.75 bits per heavy atom. The van der Waals surface area contributed by atoms with Crippen molar-refractivity contribution in [1.29, 1.82) is 0 Å². The van der Waals surface area contributed by atoms with Crippen LogP contribution in [0.1, 0.15) is 22.2 Å². The molecule has 1 heterocycles. The summed E-state index contributed by atoms with van der Waals surface area (Å²) in [7, 11) is 1.32. The number of esters is 1. The van der Waals surface area contributed by atoms with Crippen LogP contribution in [0.4, 0.5) is 10.1 Å². The van der Waals surface area contributed by atoms with Gasteiger partial charge in [-0.05, 0) is 30.2 Å². The van der Waals surface area contributed by atoms with Gasteiger partial charge in [-0.2, -0.15) is 0 Å². The molecule has 2 rings (SSSR count). The van der Waals surface area contributed by atoms with Crippen molar-refractivity contribution in [2.24, 2.45) is 0 Å². The van der Waals surface area contributed by atoms with Crippen molar-refractivity contribution in [3.05, 3.63) is 38.9 Å². The maximum Gasteiger partial charge on any atom is 0.350 e. The topological polar surface area (TPSA) is 52.3 Å². The van der Waals surface area contributed by atoms with E-state index in [4.69, 9.17) is 10.5 Å². The Morgan fingerprint density at radius 2 is 2.20 bits per heavy atom. The number of ether oxygens (including phenoxy) is 1. The van der Waals surface area contributed by atoms with E-state index in [-0.39, 0.29) is 5.82 Å². The summed E-state index contributed by atoms with van der Waals surface area (Å²) in [5.74, 6) is -0.775. The monoisotopic (exact) mass is 357 g/mol. The summed E-state index contributed by atoms with van der Waals surface area (Å²) in [6.45, 7) is 1.96. The van der Waals surface area contributed by atoms with Gasteiger partial charge < -0.3 is 10.5 Å². The molecule has 3 nitrogen and oxygen atoms in total. The maximum absolute atomic E-state index is 13.2. The van der Waals surface area contributed by atoms with Crippen LogP contribution in [0.25, 0.3) is 10.4 Å². The summed E-state index contributed by atoms with van der Waals surface area (Å²) in [5.41, 5.74) is 8.16. The van der Waals surface area contributed by atoms with Gasteiger partial charge in [0.1, 0.15) is 10.7 Å². The number of benzene rings is 1. The van der Waals surface area contributed by atoms with E-state index in [1.54, 1.807) is 6.07 Å². The van der Waals surface area contributed by atoms with Crippen LogP contribution in [0.15, 0.2) is 22.7 Å². The van der Waals surface area contributed by atoms with Gasteiger partial charge in [0, 0.05) is 14.9 Å². The quantitative estimate of drug-likeness (QED) is 0.835. The number of rotatable bonds is 3. The van der Waals surface area contributed by atoms with Crippen LogP contribution in [-0.2, 0) is 11.2 Å². The van der Waals surface area contributed by atoms with Gasteiger partial charge in [-0.3, -0.25) is 0 Å². The second-order valence-corrected chi connectivity index (χ2v) is 6.00. The first-order valence-electron chi connectivity index (χ1n) is 5.94. The molecule has 1 aromatic heterocycles. The van der Waals surface area contributed by atoms with E-state index in [9.17, 15) is 9.18 Å². The first kappa shape index (κ1) is 15.0. The molecule has 0 aliphatic carbocycles. The third-order valence-electron chi connectivity index (χ3n) is 2.95. The Balaban J connectivity index is 2.64. The highest BCUT2D eigenvalue weighted by atomic mass is 79.9. The minimum Gasteiger partial charge on any atom is -0.465 e. The van der Waals surface area contributed by atoms with E-state index in [1.807, 2.05) is 6.92 Å². The summed E-state index contributed by atoms with van der Waals surface area (Å²) in [5, 5.41) is 0. The van der Waals surface area contributed by atoms with Gasteiger partial charge in [-0.25, -0.2) is 9.18 Å². The van der Waals surface area contributed by atoms with Gasteiger partial charge in [0.15, 0.2) is 0 Å². The lowest BCUT2D eigenvalue weighted by atomic mass is 10.1. The Labute approximate surface area is 128 Å². The number of hydrogen-bond acceptors (Lipinski definition) is 4. The molecular formula is C14H13BrFNO2S. The molecule has 20 heavy (non-hydrogen) atoms. The lowest BCUT2D eigenvalue weighted by Crippen LogP contribution is -2.02. The lowest BCUT2D eigenvalue weighted by molar-refractivity contribution is 0.0607. The molecule has 0 bridgehead atoms. The summed E-state index contributed by atoms with van der Waals surface area (Å²) in [4.78, 5) is 13.0. The molecule has 0 fully saturated rings. The Bertz CT molecular complexity index is 669. The van der Waals surface area contributed by atoms with E-state index in [1.165, 1.54) is 30.6 Å². The number of thiophene rings is 1. The fourth-order valence-electron chi connectivity index (χ4n) is 1.96. The minimum absolute atomic E-state index is 0.323. The number of anilines is 1. The van der Waals surface area contributed by atoms with Gasteiger partial charge in [0.25, 0.3) is 0 Å². The molecule has 0 saturated carbocycles. The molecule has 0 unspecified atom stereocenters. The third kappa shape index (κ3) is 2.58. The van der Waals surface area contributed by atoms with E-state index < -0.39 is 5.97 Å². The summed E-state index contributed by atoms with van der Waals surface area (Å²) >= 11 is 4.61. The van der Waals surface area contributed by atoms with Gasteiger partial charge in [0.05, 0.1) is 12.8 Å². The summed E-state index contributed by atoms with van der Waals surface area (Å²) in [6.07, 6.45) is 0.679. The minimum atomic E-state index is -0.452. The van der Waals surface area contributed by atoms with Crippen LogP contribution in [0.2, 0.25) is 0 Å². The van der Waals surface area contributed by atoms with E-state index in [2.05, 4.69) is 15.9 Å². The van der Waals surface area contributed by atoms with Crippen LogP contribution in [0.3, 0.4) is 0 Å². The molecule has 2 aromatic rings. The van der Waals surface area contributed by atoms with Crippen LogP contribution >= 0.6 is 27.3 Å². The predicted octanol–water partition coefficient (Wildman–Crippen LogP) is 4.25. The number of methoxy groups -OCH3 is 1. The SMILES string of the molecule is CCc1c(-c2ccc(F)cc2Br)sc(C(=O)OC)c1N. The first-order valence-corrected chi connectivity index (χ1v) is 7.55.